The predicted molar refractivity (Wildman–Crippen MR) is 75.5 cm³/mol. The molecule has 19 heavy (non-hydrogen) atoms. The quantitative estimate of drug-likeness (QED) is 0.833. The Hall–Kier alpha value is -1.42. The van der Waals surface area contributed by atoms with Crippen molar-refractivity contribution in [2.24, 2.45) is 0 Å². The van der Waals surface area contributed by atoms with Crippen molar-refractivity contribution in [2.45, 2.75) is 38.1 Å². The van der Waals surface area contributed by atoms with Crippen LogP contribution in [0.1, 0.15) is 32.1 Å². The number of halogens is 1. The summed E-state index contributed by atoms with van der Waals surface area (Å²) in [6.07, 6.45) is 5.83. The summed E-state index contributed by atoms with van der Waals surface area (Å²) in [7, 11) is 0. The number of hydrogen-bond donors (Lipinski definition) is 2. The van der Waals surface area contributed by atoms with Gasteiger partial charge in [-0.2, -0.15) is 0 Å². The third kappa shape index (κ3) is 4.99. The first-order valence-corrected chi connectivity index (χ1v) is 7.04. The predicted octanol–water partition coefficient (Wildman–Crippen LogP) is 3.31. The molecular weight excluding hydrogens is 264 g/mol. The first-order valence-electron chi connectivity index (χ1n) is 6.67. The molecule has 0 aliphatic heterocycles. The molecule has 1 fully saturated rings. The molecule has 104 valence electrons. The van der Waals surface area contributed by atoms with E-state index in [0.29, 0.717) is 16.8 Å². The van der Waals surface area contributed by atoms with Crippen molar-refractivity contribution < 1.29 is 9.53 Å². The Morgan fingerprint density at radius 2 is 1.89 bits per heavy atom. The van der Waals surface area contributed by atoms with Crippen LogP contribution < -0.4 is 15.4 Å². The maximum atomic E-state index is 11.6. The van der Waals surface area contributed by atoms with E-state index >= 15 is 0 Å². The van der Waals surface area contributed by atoms with E-state index in [0.717, 1.165) is 12.8 Å². The molecule has 0 saturated heterocycles. The van der Waals surface area contributed by atoms with Crippen molar-refractivity contribution in [2.75, 3.05) is 6.73 Å². The molecule has 1 aliphatic rings. The van der Waals surface area contributed by atoms with Crippen LogP contribution >= 0.6 is 11.6 Å². The summed E-state index contributed by atoms with van der Waals surface area (Å²) in [5.74, 6) is 0.683. The second-order valence-corrected chi connectivity index (χ2v) is 5.16. The fourth-order valence-electron chi connectivity index (χ4n) is 2.20. The molecule has 2 rings (SSSR count). The summed E-state index contributed by atoms with van der Waals surface area (Å²) < 4.78 is 5.39. The van der Waals surface area contributed by atoms with E-state index in [4.69, 9.17) is 16.3 Å². The lowest BCUT2D eigenvalue weighted by atomic mass is 9.96. The maximum Gasteiger partial charge on any atom is 0.317 e. The molecule has 2 N–H and O–H groups in total. The van der Waals surface area contributed by atoms with Crippen molar-refractivity contribution in [1.82, 2.24) is 10.6 Å². The summed E-state index contributed by atoms with van der Waals surface area (Å²) in [6, 6.07) is 7.18. The molecule has 5 heteroatoms. The van der Waals surface area contributed by atoms with Crippen LogP contribution in [0.25, 0.3) is 0 Å². The third-order valence-corrected chi connectivity index (χ3v) is 3.48. The Balaban J connectivity index is 1.64. The largest absolute Gasteiger partial charge is 0.473 e. The molecule has 1 aromatic rings. The number of urea groups is 1. The maximum absolute atomic E-state index is 11.6. The molecule has 1 aromatic carbocycles. The van der Waals surface area contributed by atoms with Crippen LogP contribution in [0.2, 0.25) is 5.02 Å². The minimum absolute atomic E-state index is 0.153. The van der Waals surface area contributed by atoms with Gasteiger partial charge in [0.05, 0.1) is 0 Å². The lowest BCUT2D eigenvalue weighted by molar-refractivity contribution is 0.217. The van der Waals surface area contributed by atoms with Gasteiger partial charge in [0.15, 0.2) is 6.73 Å². The normalized spacial score (nSPS) is 15.8. The van der Waals surface area contributed by atoms with Crippen molar-refractivity contribution in [3.05, 3.63) is 29.3 Å². The van der Waals surface area contributed by atoms with Crippen molar-refractivity contribution in [3.8, 4) is 5.75 Å². The number of carbonyl (C=O) groups is 1. The minimum Gasteiger partial charge on any atom is -0.473 e. The zero-order valence-corrected chi connectivity index (χ0v) is 11.6. The Labute approximate surface area is 118 Å². The number of rotatable bonds is 4. The molecule has 0 spiro atoms. The van der Waals surface area contributed by atoms with E-state index in [2.05, 4.69) is 10.6 Å². The number of hydrogen-bond acceptors (Lipinski definition) is 2. The lowest BCUT2D eigenvalue weighted by Crippen LogP contribution is -2.44. The van der Waals surface area contributed by atoms with Gasteiger partial charge in [-0.3, -0.25) is 0 Å². The summed E-state index contributed by atoms with van der Waals surface area (Å²) in [5, 5.41) is 6.31. The van der Waals surface area contributed by atoms with Gasteiger partial charge in [-0.15, -0.1) is 0 Å². The smallest absolute Gasteiger partial charge is 0.317 e. The zero-order valence-electron chi connectivity index (χ0n) is 10.8. The van der Waals surface area contributed by atoms with Gasteiger partial charge in [0.2, 0.25) is 0 Å². The van der Waals surface area contributed by atoms with Crippen molar-refractivity contribution in [3.63, 3.8) is 0 Å². The van der Waals surface area contributed by atoms with Crippen LogP contribution in [0.4, 0.5) is 4.79 Å². The number of ether oxygens (including phenoxy) is 1. The van der Waals surface area contributed by atoms with Crippen LogP contribution in [0, 0.1) is 0 Å². The van der Waals surface area contributed by atoms with Crippen LogP contribution in [-0.2, 0) is 0 Å². The van der Waals surface area contributed by atoms with E-state index < -0.39 is 0 Å². The van der Waals surface area contributed by atoms with Gasteiger partial charge < -0.3 is 15.4 Å². The van der Waals surface area contributed by atoms with Gasteiger partial charge in [-0.05, 0) is 37.1 Å². The van der Waals surface area contributed by atoms with Crippen LogP contribution in [0.5, 0.6) is 5.75 Å². The van der Waals surface area contributed by atoms with Crippen LogP contribution in [0.15, 0.2) is 24.3 Å². The van der Waals surface area contributed by atoms with E-state index in [-0.39, 0.29) is 12.8 Å². The van der Waals surface area contributed by atoms with Crippen molar-refractivity contribution >= 4 is 17.6 Å². The summed E-state index contributed by atoms with van der Waals surface area (Å²) in [4.78, 5) is 11.6. The molecule has 0 radical (unpaired) electrons. The number of carbonyl (C=O) groups excluding carboxylic acids is 1. The fraction of sp³-hybridized carbons (Fsp3) is 0.500. The Kier molecular flexibility index (Phi) is 5.33. The SMILES string of the molecule is O=C(NCOc1ccc(Cl)cc1)NC1CCCCC1. The Morgan fingerprint density at radius 1 is 1.21 bits per heavy atom. The van der Waals surface area contributed by atoms with Crippen LogP contribution in [0.3, 0.4) is 0 Å². The highest BCUT2D eigenvalue weighted by molar-refractivity contribution is 6.30. The van der Waals surface area contributed by atoms with E-state index in [1.807, 2.05) is 0 Å². The van der Waals surface area contributed by atoms with Gasteiger partial charge >= 0.3 is 6.03 Å². The van der Waals surface area contributed by atoms with Gasteiger partial charge in [0, 0.05) is 11.1 Å². The standard InChI is InChI=1S/C14H19ClN2O2/c15-11-6-8-13(9-7-11)19-10-16-14(18)17-12-4-2-1-3-5-12/h6-9,12H,1-5,10H2,(H2,16,17,18). The minimum atomic E-state index is -0.166. The highest BCUT2D eigenvalue weighted by atomic mass is 35.5. The molecule has 0 bridgehead atoms. The molecule has 2 amide bonds. The second-order valence-electron chi connectivity index (χ2n) is 4.73. The van der Waals surface area contributed by atoms with Gasteiger partial charge in [0.1, 0.15) is 5.75 Å². The van der Waals surface area contributed by atoms with Crippen LogP contribution in [-0.4, -0.2) is 18.8 Å². The summed E-state index contributed by atoms with van der Waals surface area (Å²) >= 11 is 5.77. The third-order valence-electron chi connectivity index (χ3n) is 3.23. The Bertz CT molecular complexity index is 402. The first-order chi connectivity index (χ1) is 9.24. The van der Waals surface area contributed by atoms with E-state index in [1.54, 1.807) is 24.3 Å². The first kappa shape index (κ1) is 14.0. The molecule has 0 heterocycles. The number of amides is 2. The number of benzene rings is 1. The highest BCUT2D eigenvalue weighted by Gasteiger charge is 2.15. The monoisotopic (exact) mass is 282 g/mol. The second kappa shape index (κ2) is 7.24. The summed E-state index contributed by atoms with van der Waals surface area (Å²) in [6.45, 7) is 0.153. The van der Waals surface area contributed by atoms with Crippen molar-refractivity contribution in [1.29, 1.82) is 0 Å². The molecule has 0 unspecified atom stereocenters. The zero-order chi connectivity index (χ0) is 13.5. The molecule has 4 nitrogen and oxygen atoms in total. The highest BCUT2D eigenvalue weighted by Crippen LogP contribution is 2.17. The molecule has 1 saturated carbocycles. The molecule has 0 aromatic heterocycles. The average molecular weight is 283 g/mol. The topological polar surface area (TPSA) is 50.4 Å². The van der Waals surface area contributed by atoms with Gasteiger partial charge in [-0.1, -0.05) is 30.9 Å². The average Bonchev–Trinajstić information content (AvgIpc) is 2.42. The fourth-order valence-corrected chi connectivity index (χ4v) is 2.33. The number of nitrogens with one attached hydrogen (secondary N) is 2. The van der Waals surface area contributed by atoms with Gasteiger partial charge in [-0.25, -0.2) is 4.79 Å². The molecule has 0 atom stereocenters. The lowest BCUT2D eigenvalue weighted by Gasteiger charge is -2.22. The van der Waals surface area contributed by atoms with E-state index in [1.165, 1.54) is 19.3 Å². The van der Waals surface area contributed by atoms with E-state index in [9.17, 15) is 4.79 Å². The molecule has 1 aliphatic carbocycles. The molecular formula is C14H19ClN2O2. The Morgan fingerprint density at radius 3 is 2.58 bits per heavy atom. The van der Waals surface area contributed by atoms with Gasteiger partial charge in [0.25, 0.3) is 0 Å². The summed E-state index contributed by atoms with van der Waals surface area (Å²) in [5.41, 5.74) is 0.